The first kappa shape index (κ1) is 17.0. The molecule has 0 saturated heterocycles. The maximum atomic E-state index is 11.7. The van der Waals surface area contributed by atoms with Gasteiger partial charge in [0.15, 0.2) is 6.10 Å². The number of carbonyl (C=O) groups excluding carboxylic acids is 1. The number of carboxylic acid groups (broad SMARTS) is 1. The molecule has 0 fully saturated rings. The second-order valence-electron chi connectivity index (χ2n) is 3.84. The number of rotatable bonds is 6. The van der Waals surface area contributed by atoms with Crippen LogP contribution in [-0.4, -0.2) is 29.8 Å². The third-order valence-electron chi connectivity index (χ3n) is 2.43. The molecule has 0 aromatic heterocycles. The molecule has 1 rings (SSSR count). The summed E-state index contributed by atoms with van der Waals surface area (Å²) in [5, 5.41) is 8.95. The van der Waals surface area contributed by atoms with E-state index in [0.29, 0.717) is 21.1 Å². The Bertz CT molecular complexity index is 492. The minimum Gasteiger partial charge on any atom is -0.478 e. The van der Waals surface area contributed by atoms with Gasteiger partial charge in [-0.05, 0) is 57.3 Å². The summed E-state index contributed by atoms with van der Waals surface area (Å²) in [6.07, 6.45) is -0.295. The Morgan fingerprint density at radius 1 is 1.25 bits per heavy atom. The van der Waals surface area contributed by atoms with Gasteiger partial charge >= 0.3 is 11.9 Å². The Hall–Kier alpha value is -1.08. The summed E-state index contributed by atoms with van der Waals surface area (Å²) in [4.78, 5) is 22.6. The van der Waals surface area contributed by atoms with E-state index >= 15 is 0 Å². The van der Waals surface area contributed by atoms with Crippen molar-refractivity contribution in [2.75, 3.05) is 6.61 Å². The van der Waals surface area contributed by atoms with E-state index in [1.165, 1.54) is 12.1 Å². The fourth-order valence-corrected chi connectivity index (χ4v) is 2.84. The summed E-state index contributed by atoms with van der Waals surface area (Å²) in [6.45, 7) is 3.80. The molecular weight excluding hydrogens is 396 g/mol. The lowest BCUT2D eigenvalue weighted by molar-refractivity contribution is -0.151. The molecule has 1 aromatic carbocycles. The topological polar surface area (TPSA) is 72.8 Å². The van der Waals surface area contributed by atoms with E-state index in [-0.39, 0.29) is 12.2 Å². The predicted octanol–water partition coefficient (Wildman–Crippen LogP) is 3.63. The van der Waals surface area contributed by atoms with Gasteiger partial charge in [0, 0.05) is 0 Å². The molecule has 0 saturated carbocycles. The van der Waals surface area contributed by atoms with Crippen LogP contribution in [0, 0.1) is 0 Å². The van der Waals surface area contributed by atoms with Crippen LogP contribution in [0.2, 0.25) is 0 Å². The highest BCUT2D eigenvalue weighted by Gasteiger charge is 2.22. The van der Waals surface area contributed by atoms with Gasteiger partial charge in [0.25, 0.3) is 0 Å². The van der Waals surface area contributed by atoms with Crippen molar-refractivity contribution in [2.24, 2.45) is 0 Å². The van der Waals surface area contributed by atoms with Gasteiger partial charge in [-0.1, -0.05) is 6.92 Å². The highest BCUT2D eigenvalue weighted by atomic mass is 79.9. The molecule has 1 aromatic rings. The molecule has 1 unspecified atom stereocenters. The maximum absolute atomic E-state index is 11.7. The van der Waals surface area contributed by atoms with Gasteiger partial charge in [0.2, 0.25) is 0 Å². The van der Waals surface area contributed by atoms with Crippen molar-refractivity contribution >= 4 is 43.8 Å². The Morgan fingerprint density at radius 3 is 2.20 bits per heavy atom. The van der Waals surface area contributed by atoms with Gasteiger partial charge in [0.05, 0.1) is 21.1 Å². The molecule has 0 aliphatic heterocycles. The number of aromatic carboxylic acids is 1. The van der Waals surface area contributed by atoms with Gasteiger partial charge in [-0.3, -0.25) is 0 Å². The van der Waals surface area contributed by atoms with Crippen LogP contribution in [0.4, 0.5) is 0 Å². The SMILES string of the molecule is CCOC(=O)C(CC)Oc1c(Br)cc(C(=O)O)cc1Br. The zero-order valence-electron chi connectivity index (χ0n) is 11.0. The maximum Gasteiger partial charge on any atom is 0.347 e. The molecule has 0 aliphatic carbocycles. The van der Waals surface area contributed by atoms with Crippen molar-refractivity contribution in [2.45, 2.75) is 26.4 Å². The molecule has 0 aliphatic rings. The average Bonchev–Trinajstić information content (AvgIpc) is 2.38. The molecule has 20 heavy (non-hydrogen) atoms. The van der Waals surface area contributed by atoms with Gasteiger partial charge in [-0.15, -0.1) is 0 Å². The number of benzene rings is 1. The zero-order valence-corrected chi connectivity index (χ0v) is 14.2. The van der Waals surface area contributed by atoms with E-state index in [4.69, 9.17) is 14.6 Å². The highest BCUT2D eigenvalue weighted by Crippen LogP contribution is 2.35. The number of hydrogen-bond acceptors (Lipinski definition) is 4. The van der Waals surface area contributed by atoms with Crippen molar-refractivity contribution in [1.29, 1.82) is 0 Å². The number of carboxylic acids is 1. The van der Waals surface area contributed by atoms with Crippen molar-refractivity contribution < 1.29 is 24.2 Å². The van der Waals surface area contributed by atoms with Crippen LogP contribution < -0.4 is 4.74 Å². The molecular formula is C13H14Br2O5. The number of halogens is 2. The normalized spacial score (nSPS) is 11.8. The van der Waals surface area contributed by atoms with Crippen molar-refractivity contribution in [3.05, 3.63) is 26.6 Å². The molecule has 0 radical (unpaired) electrons. The third-order valence-corrected chi connectivity index (χ3v) is 3.60. The van der Waals surface area contributed by atoms with Crippen molar-refractivity contribution in [3.63, 3.8) is 0 Å². The molecule has 5 nitrogen and oxygen atoms in total. The summed E-state index contributed by atoms with van der Waals surface area (Å²) in [5.41, 5.74) is 0.111. The van der Waals surface area contributed by atoms with E-state index in [2.05, 4.69) is 31.9 Å². The van der Waals surface area contributed by atoms with Gasteiger partial charge in [0.1, 0.15) is 5.75 Å². The fourth-order valence-electron chi connectivity index (χ4n) is 1.47. The summed E-state index contributed by atoms with van der Waals surface area (Å²) < 4.78 is 11.4. The lowest BCUT2D eigenvalue weighted by Gasteiger charge is -2.18. The van der Waals surface area contributed by atoms with E-state index < -0.39 is 18.0 Å². The number of hydrogen-bond donors (Lipinski definition) is 1. The Kier molecular flexibility index (Phi) is 6.48. The minimum atomic E-state index is -1.05. The van der Waals surface area contributed by atoms with E-state index in [1.54, 1.807) is 13.8 Å². The lowest BCUT2D eigenvalue weighted by Crippen LogP contribution is -2.29. The second kappa shape index (κ2) is 7.64. The Morgan fingerprint density at radius 2 is 1.80 bits per heavy atom. The van der Waals surface area contributed by atoms with Gasteiger partial charge < -0.3 is 14.6 Å². The zero-order chi connectivity index (χ0) is 15.3. The average molecular weight is 410 g/mol. The summed E-state index contributed by atoms with van der Waals surface area (Å²) in [5.74, 6) is -1.12. The predicted molar refractivity (Wildman–Crippen MR) is 80.1 cm³/mol. The molecule has 0 amide bonds. The summed E-state index contributed by atoms with van der Waals surface area (Å²) >= 11 is 6.48. The van der Waals surface area contributed by atoms with Crippen LogP contribution in [0.25, 0.3) is 0 Å². The molecule has 0 spiro atoms. The van der Waals surface area contributed by atoms with Crippen molar-refractivity contribution in [3.8, 4) is 5.75 Å². The molecule has 110 valence electrons. The van der Waals surface area contributed by atoms with Gasteiger partial charge in [-0.2, -0.15) is 0 Å². The van der Waals surface area contributed by atoms with E-state index in [9.17, 15) is 9.59 Å². The number of ether oxygens (including phenoxy) is 2. The highest BCUT2D eigenvalue weighted by molar-refractivity contribution is 9.11. The Balaban J connectivity index is 3.02. The van der Waals surface area contributed by atoms with E-state index in [0.717, 1.165) is 0 Å². The first-order chi connectivity index (χ1) is 9.40. The lowest BCUT2D eigenvalue weighted by atomic mass is 10.2. The standard InChI is InChI=1S/C13H14Br2O5/c1-3-10(13(18)19-4-2)20-11-8(14)5-7(12(16)17)6-9(11)15/h5-6,10H,3-4H2,1-2H3,(H,16,17). The smallest absolute Gasteiger partial charge is 0.347 e. The minimum absolute atomic E-state index is 0.111. The first-order valence-electron chi connectivity index (χ1n) is 5.96. The largest absolute Gasteiger partial charge is 0.478 e. The summed E-state index contributed by atoms with van der Waals surface area (Å²) in [6, 6.07) is 2.83. The summed E-state index contributed by atoms with van der Waals surface area (Å²) in [7, 11) is 0. The number of carbonyl (C=O) groups is 2. The van der Waals surface area contributed by atoms with Gasteiger partial charge in [-0.25, -0.2) is 9.59 Å². The third kappa shape index (κ3) is 4.21. The molecule has 0 bridgehead atoms. The van der Waals surface area contributed by atoms with Crippen LogP contribution in [0.3, 0.4) is 0 Å². The molecule has 1 N–H and O–H groups in total. The van der Waals surface area contributed by atoms with Crippen LogP contribution in [0.1, 0.15) is 30.6 Å². The number of esters is 1. The molecule has 1 atom stereocenters. The first-order valence-corrected chi connectivity index (χ1v) is 7.54. The molecule has 0 heterocycles. The van der Waals surface area contributed by atoms with Crippen LogP contribution in [0.5, 0.6) is 5.75 Å². The van der Waals surface area contributed by atoms with Crippen molar-refractivity contribution in [1.82, 2.24) is 0 Å². The van der Waals surface area contributed by atoms with Crippen LogP contribution in [-0.2, 0) is 9.53 Å². The van der Waals surface area contributed by atoms with Crippen LogP contribution >= 0.6 is 31.9 Å². The van der Waals surface area contributed by atoms with Crippen LogP contribution in [0.15, 0.2) is 21.1 Å². The Labute approximate surface area is 133 Å². The second-order valence-corrected chi connectivity index (χ2v) is 5.55. The fraction of sp³-hybridized carbons (Fsp3) is 0.385. The quantitative estimate of drug-likeness (QED) is 0.726. The monoisotopic (exact) mass is 408 g/mol. The molecule has 7 heteroatoms. The van der Waals surface area contributed by atoms with E-state index in [1.807, 2.05) is 0 Å².